The average molecular weight is 754 g/mol. The van der Waals surface area contributed by atoms with Crippen molar-refractivity contribution in [3.8, 4) is 78.7 Å². The zero-order valence-corrected chi connectivity index (χ0v) is 32.0. The van der Waals surface area contributed by atoms with Gasteiger partial charge in [0.15, 0.2) is 17.5 Å². The van der Waals surface area contributed by atoms with Crippen molar-refractivity contribution in [1.29, 1.82) is 0 Å². The molecule has 0 N–H and O–H groups in total. The van der Waals surface area contributed by atoms with E-state index in [0.29, 0.717) is 17.5 Å². The minimum atomic E-state index is 0.582. The first kappa shape index (κ1) is 34.3. The molecule has 0 unspecified atom stereocenters. The van der Waals surface area contributed by atoms with Crippen LogP contribution in [0.25, 0.3) is 111 Å². The fourth-order valence-electron chi connectivity index (χ4n) is 8.32. The summed E-state index contributed by atoms with van der Waals surface area (Å²) < 4.78 is 6.77. The number of nitrogens with zero attached hydrogens (tertiary/aromatic N) is 3. The highest BCUT2D eigenvalue weighted by Crippen LogP contribution is 2.42. The van der Waals surface area contributed by atoms with E-state index in [1.165, 1.54) is 5.56 Å². The lowest BCUT2D eigenvalue weighted by atomic mass is 9.95. The summed E-state index contributed by atoms with van der Waals surface area (Å²) in [6.07, 6.45) is 0. The number of rotatable bonds is 7. The molecule has 0 radical (unpaired) electrons. The lowest BCUT2D eigenvalue weighted by molar-refractivity contribution is 0.670. The summed E-state index contributed by atoms with van der Waals surface area (Å²) in [5.74, 6) is 1.79. The quantitative estimate of drug-likeness (QED) is 0.163. The Kier molecular flexibility index (Phi) is 8.45. The number of furan rings is 1. The minimum Gasteiger partial charge on any atom is -0.455 e. The third kappa shape index (κ3) is 6.24. The van der Waals surface area contributed by atoms with Gasteiger partial charge in [-0.15, -0.1) is 0 Å². The predicted octanol–water partition coefficient (Wildman–Crippen LogP) is 14.6. The zero-order valence-electron chi connectivity index (χ0n) is 32.0. The van der Waals surface area contributed by atoms with Crippen molar-refractivity contribution < 1.29 is 4.42 Å². The molecule has 4 nitrogen and oxygen atoms in total. The molecule has 0 atom stereocenters. The van der Waals surface area contributed by atoms with E-state index in [0.717, 1.165) is 88.3 Å². The number of fused-ring (bicyclic) bond motifs is 4. The number of hydrogen-bond donors (Lipinski definition) is 0. The monoisotopic (exact) mass is 753 g/mol. The molecule has 0 aliphatic rings. The van der Waals surface area contributed by atoms with Crippen LogP contribution in [0.4, 0.5) is 0 Å². The van der Waals surface area contributed by atoms with Gasteiger partial charge in [-0.2, -0.15) is 0 Å². The molecule has 0 aliphatic carbocycles. The molecule has 4 heteroatoms. The smallest absolute Gasteiger partial charge is 0.164 e. The molecule has 2 heterocycles. The normalized spacial score (nSPS) is 11.4. The van der Waals surface area contributed by atoms with E-state index in [1.807, 2.05) is 30.3 Å². The number of benzene rings is 9. The van der Waals surface area contributed by atoms with Gasteiger partial charge in [-0.05, 0) is 61.8 Å². The van der Waals surface area contributed by atoms with Gasteiger partial charge in [0.05, 0.1) is 0 Å². The molecule has 11 rings (SSSR count). The van der Waals surface area contributed by atoms with Crippen LogP contribution in [0, 0.1) is 0 Å². The molecule has 9 aromatic carbocycles. The first-order valence-electron chi connectivity index (χ1n) is 19.9. The molecule has 59 heavy (non-hydrogen) atoms. The molecule has 0 bridgehead atoms. The Labute approximate surface area is 341 Å². The van der Waals surface area contributed by atoms with Crippen molar-refractivity contribution in [3.05, 3.63) is 212 Å². The van der Waals surface area contributed by atoms with E-state index in [2.05, 4.69) is 182 Å². The van der Waals surface area contributed by atoms with E-state index in [-0.39, 0.29) is 0 Å². The molecular formula is C55H35N3O. The van der Waals surface area contributed by atoms with Gasteiger partial charge in [0, 0.05) is 33.0 Å². The Hall–Kier alpha value is -7.95. The molecular weight excluding hydrogens is 719 g/mol. The maximum Gasteiger partial charge on any atom is 0.164 e. The third-order valence-electron chi connectivity index (χ3n) is 11.2. The molecule has 0 saturated heterocycles. The van der Waals surface area contributed by atoms with Crippen molar-refractivity contribution in [2.75, 3.05) is 0 Å². The zero-order chi connectivity index (χ0) is 39.1. The molecule has 0 spiro atoms. The van der Waals surface area contributed by atoms with Gasteiger partial charge >= 0.3 is 0 Å². The summed E-state index contributed by atoms with van der Waals surface area (Å²) >= 11 is 0. The summed E-state index contributed by atoms with van der Waals surface area (Å²) in [5, 5.41) is 4.19. The Morgan fingerprint density at radius 3 is 1.44 bits per heavy atom. The maximum absolute atomic E-state index is 6.77. The van der Waals surface area contributed by atoms with E-state index >= 15 is 0 Å². The summed E-state index contributed by atoms with van der Waals surface area (Å²) in [4.78, 5) is 15.8. The Balaban J connectivity index is 1.11. The first-order valence-corrected chi connectivity index (χ1v) is 19.9. The summed E-state index contributed by atoms with van der Waals surface area (Å²) in [6.45, 7) is 0. The molecule has 2 aromatic heterocycles. The second-order valence-corrected chi connectivity index (χ2v) is 14.7. The molecule has 0 saturated carbocycles. The molecule has 0 amide bonds. The fourth-order valence-corrected chi connectivity index (χ4v) is 8.32. The summed E-state index contributed by atoms with van der Waals surface area (Å²) in [6, 6.07) is 73.9. The number of para-hydroxylation sites is 1. The molecule has 276 valence electrons. The maximum atomic E-state index is 6.77. The summed E-state index contributed by atoms with van der Waals surface area (Å²) in [7, 11) is 0. The van der Waals surface area contributed by atoms with Crippen molar-refractivity contribution >= 4 is 32.7 Å². The Morgan fingerprint density at radius 1 is 0.271 bits per heavy atom. The third-order valence-corrected chi connectivity index (χ3v) is 11.2. The topological polar surface area (TPSA) is 51.8 Å². The van der Waals surface area contributed by atoms with E-state index in [4.69, 9.17) is 19.4 Å². The highest BCUT2D eigenvalue weighted by molar-refractivity contribution is 6.15. The van der Waals surface area contributed by atoms with Gasteiger partial charge in [-0.1, -0.05) is 200 Å². The van der Waals surface area contributed by atoms with Crippen molar-refractivity contribution in [2.45, 2.75) is 0 Å². The predicted molar refractivity (Wildman–Crippen MR) is 243 cm³/mol. The van der Waals surface area contributed by atoms with Crippen molar-refractivity contribution in [2.24, 2.45) is 0 Å². The lowest BCUT2D eigenvalue weighted by Crippen LogP contribution is -2.01. The van der Waals surface area contributed by atoms with Crippen LogP contribution in [-0.4, -0.2) is 15.0 Å². The largest absolute Gasteiger partial charge is 0.455 e. The van der Waals surface area contributed by atoms with Gasteiger partial charge in [-0.3, -0.25) is 0 Å². The van der Waals surface area contributed by atoms with Crippen LogP contribution < -0.4 is 0 Å². The van der Waals surface area contributed by atoms with Crippen LogP contribution in [0.15, 0.2) is 217 Å². The van der Waals surface area contributed by atoms with Crippen molar-refractivity contribution in [1.82, 2.24) is 15.0 Å². The van der Waals surface area contributed by atoms with Gasteiger partial charge in [0.1, 0.15) is 11.2 Å². The highest BCUT2D eigenvalue weighted by atomic mass is 16.3. The standard InChI is InChI=1S/C55H35N3O/c1-4-15-36(16-5-1)38-31-33-40(34-32-38)53-56-54(47-27-13-25-45-43(23-11-26-46(45)47)39-19-8-3-9-20-39)58-55(57-53)49-29-14-30-50-51(49)48-28-12-24-44(52(48)59-50)42-22-10-21-41(35-42)37-17-6-2-7-18-37/h1-35H. The van der Waals surface area contributed by atoms with E-state index in [1.54, 1.807) is 0 Å². The number of hydrogen-bond acceptors (Lipinski definition) is 4. The molecule has 11 aromatic rings. The van der Waals surface area contributed by atoms with Crippen LogP contribution in [0.5, 0.6) is 0 Å². The second-order valence-electron chi connectivity index (χ2n) is 14.7. The molecule has 0 fully saturated rings. The highest BCUT2D eigenvalue weighted by Gasteiger charge is 2.21. The van der Waals surface area contributed by atoms with Crippen LogP contribution in [0.1, 0.15) is 0 Å². The average Bonchev–Trinajstić information content (AvgIpc) is 3.71. The van der Waals surface area contributed by atoms with Gasteiger partial charge in [0.25, 0.3) is 0 Å². The minimum absolute atomic E-state index is 0.582. The van der Waals surface area contributed by atoms with Gasteiger partial charge < -0.3 is 4.42 Å². The number of aromatic nitrogens is 3. The molecule has 0 aliphatic heterocycles. The first-order chi connectivity index (χ1) is 29.2. The van der Waals surface area contributed by atoms with E-state index < -0.39 is 0 Å². The fraction of sp³-hybridized carbons (Fsp3) is 0. The van der Waals surface area contributed by atoms with Crippen LogP contribution >= 0.6 is 0 Å². The van der Waals surface area contributed by atoms with Gasteiger partial charge in [-0.25, -0.2) is 15.0 Å². The van der Waals surface area contributed by atoms with Crippen LogP contribution in [0.3, 0.4) is 0 Å². The van der Waals surface area contributed by atoms with Crippen molar-refractivity contribution in [3.63, 3.8) is 0 Å². The van der Waals surface area contributed by atoms with Gasteiger partial charge in [0.2, 0.25) is 0 Å². The Morgan fingerprint density at radius 2 is 0.729 bits per heavy atom. The second kappa shape index (κ2) is 14.5. The van der Waals surface area contributed by atoms with E-state index in [9.17, 15) is 0 Å². The Bertz CT molecular complexity index is 3300. The SMILES string of the molecule is c1ccc(-c2ccc(-c3nc(-c4cccc5c(-c6ccccc6)cccc45)nc(-c4cccc5oc6c(-c7cccc(-c8ccccc8)c7)cccc6c45)n3)cc2)cc1. The van der Waals surface area contributed by atoms with Crippen LogP contribution in [-0.2, 0) is 0 Å². The van der Waals surface area contributed by atoms with Crippen LogP contribution in [0.2, 0.25) is 0 Å². The lowest BCUT2D eigenvalue weighted by Gasteiger charge is -2.13. The summed E-state index contributed by atoms with van der Waals surface area (Å²) in [5.41, 5.74) is 13.4.